The minimum absolute atomic E-state index is 0.00812. The molecule has 18 heavy (non-hydrogen) atoms. The summed E-state index contributed by atoms with van der Waals surface area (Å²) in [5.41, 5.74) is 5.57. The predicted molar refractivity (Wildman–Crippen MR) is 59.8 cm³/mol. The highest BCUT2D eigenvalue weighted by atomic mass is 32.1. The monoisotopic (exact) mass is 283 g/mol. The van der Waals surface area contributed by atoms with E-state index in [2.05, 4.69) is 21.7 Å². The SMILES string of the molecule is NC(=S)c1ccc(OCOCC(F)(F)F)c(F)c1. The second-order valence-electron chi connectivity index (χ2n) is 3.24. The van der Waals surface area contributed by atoms with Gasteiger partial charge < -0.3 is 15.2 Å². The van der Waals surface area contributed by atoms with Crippen molar-refractivity contribution in [1.82, 2.24) is 0 Å². The molecule has 3 nitrogen and oxygen atoms in total. The first-order chi connectivity index (χ1) is 8.29. The van der Waals surface area contributed by atoms with E-state index < -0.39 is 25.4 Å². The van der Waals surface area contributed by atoms with Crippen LogP contribution in [-0.4, -0.2) is 24.6 Å². The van der Waals surface area contributed by atoms with Gasteiger partial charge in [0.1, 0.15) is 11.6 Å². The van der Waals surface area contributed by atoms with Crippen molar-refractivity contribution < 1.29 is 27.0 Å². The molecule has 0 saturated heterocycles. The van der Waals surface area contributed by atoms with E-state index in [-0.39, 0.29) is 10.7 Å². The van der Waals surface area contributed by atoms with E-state index in [1.807, 2.05) is 0 Å². The van der Waals surface area contributed by atoms with E-state index in [9.17, 15) is 17.6 Å². The number of alkyl halides is 3. The normalized spacial score (nSPS) is 11.3. The quantitative estimate of drug-likeness (QED) is 0.390. The lowest BCUT2D eigenvalue weighted by molar-refractivity contribution is -0.187. The first kappa shape index (κ1) is 14.7. The molecule has 0 aliphatic rings. The molecule has 0 fully saturated rings. The molecule has 2 N–H and O–H groups in total. The Labute approximate surface area is 105 Å². The Kier molecular flexibility index (Phi) is 4.85. The third kappa shape index (κ3) is 4.84. The molecular formula is C10H9F4NO2S. The summed E-state index contributed by atoms with van der Waals surface area (Å²) in [4.78, 5) is 0.00812. The highest BCUT2D eigenvalue weighted by Crippen LogP contribution is 2.19. The van der Waals surface area contributed by atoms with Gasteiger partial charge in [-0.05, 0) is 18.2 Å². The van der Waals surface area contributed by atoms with Crippen LogP contribution in [0.2, 0.25) is 0 Å². The first-order valence-electron chi connectivity index (χ1n) is 4.66. The van der Waals surface area contributed by atoms with Crippen LogP contribution in [-0.2, 0) is 4.74 Å². The van der Waals surface area contributed by atoms with Crippen LogP contribution in [0.3, 0.4) is 0 Å². The van der Waals surface area contributed by atoms with E-state index in [0.29, 0.717) is 5.56 Å². The van der Waals surface area contributed by atoms with E-state index in [4.69, 9.17) is 5.73 Å². The van der Waals surface area contributed by atoms with Gasteiger partial charge in [0.15, 0.2) is 18.4 Å². The maximum Gasteiger partial charge on any atom is 0.411 e. The van der Waals surface area contributed by atoms with Gasteiger partial charge in [-0.15, -0.1) is 0 Å². The topological polar surface area (TPSA) is 44.5 Å². The Morgan fingerprint density at radius 2 is 2.00 bits per heavy atom. The molecule has 1 aromatic rings. The van der Waals surface area contributed by atoms with Gasteiger partial charge >= 0.3 is 6.18 Å². The zero-order valence-corrected chi connectivity index (χ0v) is 9.78. The van der Waals surface area contributed by atoms with Crippen molar-refractivity contribution in [3.05, 3.63) is 29.6 Å². The molecule has 0 unspecified atom stereocenters. The number of rotatable bonds is 5. The lowest BCUT2D eigenvalue weighted by atomic mass is 10.2. The predicted octanol–water partition coefficient (Wildman–Crippen LogP) is 2.38. The lowest BCUT2D eigenvalue weighted by Gasteiger charge is -2.10. The zero-order chi connectivity index (χ0) is 13.8. The van der Waals surface area contributed by atoms with Crippen molar-refractivity contribution in [3.8, 4) is 5.75 Å². The van der Waals surface area contributed by atoms with Crippen molar-refractivity contribution in [1.29, 1.82) is 0 Å². The van der Waals surface area contributed by atoms with Crippen molar-refractivity contribution in [2.24, 2.45) is 5.73 Å². The van der Waals surface area contributed by atoms with Gasteiger partial charge in [-0.3, -0.25) is 0 Å². The van der Waals surface area contributed by atoms with Gasteiger partial charge in [0.05, 0.1) is 0 Å². The summed E-state index contributed by atoms with van der Waals surface area (Å²) in [5, 5.41) is 0. The number of halogens is 4. The molecule has 8 heteroatoms. The second kappa shape index (κ2) is 5.96. The smallest absolute Gasteiger partial charge is 0.411 e. The molecule has 0 spiro atoms. The molecule has 0 saturated carbocycles. The zero-order valence-electron chi connectivity index (χ0n) is 8.96. The fourth-order valence-corrected chi connectivity index (χ4v) is 1.16. The Balaban J connectivity index is 2.51. The fraction of sp³-hybridized carbons (Fsp3) is 0.300. The molecule has 0 aliphatic heterocycles. The molecular weight excluding hydrogens is 274 g/mol. The highest BCUT2D eigenvalue weighted by molar-refractivity contribution is 7.80. The number of ether oxygens (including phenoxy) is 2. The largest absolute Gasteiger partial charge is 0.464 e. The number of nitrogens with two attached hydrogens (primary N) is 1. The van der Waals surface area contributed by atoms with Gasteiger partial charge in [-0.25, -0.2) is 4.39 Å². The van der Waals surface area contributed by atoms with Crippen molar-refractivity contribution in [2.45, 2.75) is 6.18 Å². The summed E-state index contributed by atoms with van der Waals surface area (Å²) in [7, 11) is 0. The number of thiocarbonyl (C=S) groups is 1. The van der Waals surface area contributed by atoms with Crippen LogP contribution in [0, 0.1) is 5.82 Å². The van der Waals surface area contributed by atoms with Crippen LogP contribution in [0.4, 0.5) is 17.6 Å². The molecule has 0 aliphatic carbocycles. The Morgan fingerprint density at radius 1 is 1.33 bits per heavy atom. The van der Waals surface area contributed by atoms with Crippen molar-refractivity contribution in [3.63, 3.8) is 0 Å². The van der Waals surface area contributed by atoms with Crippen LogP contribution >= 0.6 is 12.2 Å². The Morgan fingerprint density at radius 3 is 2.50 bits per heavy atom. The van der Waals surface area contributed by atoms with Crippen LogP contribution in [0.25, 0.3) is 0 Å². The van der Waals surface area contributed by atoms with Crippen LogP contribution < -0.4 is 10.5 Å². The molecule has 1 aromatic carbocycles. The van der Waals surface area contributed by atoms with Crippen molar-refractivity contribution in [2.75, 3.05) is 13.4 Å². The average Bonchev–Trinajstić information content (AvgIpc) is 2.24. The summed E-state index contributed by atoms with van der Waals surface area (Å²) in [5.74, 6) is -1.02. The standard InChI is InChI=1S/C10H9F4NO2S/c11-7-3-6(9(15)18)1-2-8(7)17-5-16-4-10(12,13)14/h1-3H,4-5H2,(H2,15,18). The van der Waals surface area contributed by atoms with Crippen LogP contribution in [0.15, 0.2) is 18.2 Å². The van der Waals surface area contributed by atoms with Gasteiger partial charge in [-0.2, -0.15) is 13.2 Å². The number of benzene rings is 1. The molecule has 100 valence electrons. The van der Waals surface area contributed by atoms with Gasteiger partial charge in [-0.1, -0.05) is 12.2 Å². The summed E-state index contributed by atoms with van der Waals surface area (Å²) in [6.07, 6.45) is -4.45. The molecule has 0 bridgehead atoms. The van der Waals surface area contributed by atoms with Crippen molar-refractivity contribution >= 4 is 17.2 Å². The van der Waals surface area contributed by atoms with Gasteiger partial charge in [0, 0.05) is 5.56 Å². The van der Waals surface area contributed by atoms with E-state index in [0.717, 1.165) is 6.07 Å². The number of hydrogen-bond donors (Lipinski definition) is 1. The molecule has 0 amide bonds. The van der Waals surface area contributed by atoms with Crippen LogP contribution in [0.5, 0.6) is 5.75 Å². The van der Waals surface area contributed by atoms with E-state index in [1.165, 1.54) is 12.1 Å². The van der Waals surface area contributed by atoms with Gasteiger partial charge in [0.25, 0.3) is 0 Å². The lowest BCUT2D eigenvalue weighted by Crippen LogP contribution is -2.19. The molecule has 1 rings (SSSR count). The maximum absolute atomic E-state index is 13.4. The highest BCUT2D eigenvalue weighted by Gasteiger charge is 2.27. The minimum Gasteiger partial charge on any atom is -0.464 e. The maximum atomic E-state index is 13.4. The fourth-order valence-electron chi connectivity index (χ4n) is 1.03. The Hall–Kier alpha value is -1.41. The third-order valence-corrected chi connectivity index (χ3v) is 2.02. The summed E-state index contributed by atoms with van der Waals surface area (Å²) < 4.78 is 57.4. The molecule has 0 aromatic heterocycles. The van der Waals surface area contributed by atoms with E-state index >= 15 is 0 Å². The van der Waals surface area contributed by atoms with E-state index in [1.54, 1.807) is 0 Å². The van der Waals surface area contributed by atoms with Crippen LogP contribution in [0.1, 0.15) is 5.56 Å². The summed E-state index contributed by atoms with van der Waals surface area (Å²) in [6, 6.07) is 3.63. The summed E-state index contributed by atoms with van der Waals surface area (Å²) in [6.45, 7) is -2.16. The molecule has 0 heterocycles. The number of hydrogen-bond acceptors (Lipinski definition) is 3. The summed E-state index contributed by atoms with van der Waals surface area (Å²) >= 11 is 4.63. The Bertz CT molecular complexity index is 436. The molecule has 0 radical (unpaired) electrons. The molecule has 0 atom stereocenters. The third-order valence-electron chi connectivity index (χ3n) is 1.78. The average molecular weight is 283 g/mol. The second-order valence-corrected chi connectivity index (χ2v) is 3.68. The van der Waals surface area contributed by atoms with Gasteiger partial charge in [0.2, 0.25) is 0 Å². The minimum atomic E-state index is -4.45. The first-order valence-corrected chi connectivity index (χ1v) is 5.07.